The van der Waals surface area contributed by atoms with Crippen LogP contribution < -0.4 is 9.91 Å². The van der Waals surface area contributed by atoms with Crippen molar-refractivity contribution in [3.05, 3.63) is 70.8 Å². The number of ether oxygens (including phenoxy) is 1. The Bertz CT molecular complexity index is 1070. The number of benzene rings is 2. The van der Waals surface area contributed by atoms with Gasteiger partial charge in [0, 0.05) is 18.3 Å². The van der Waals surface area contributed by atoms with E-state index < -0.39 is 10.3 Å². The van der Waals surface area contributed by atoms with Crippen molar-refractivity contribution in [3.63, 3.8) is 0 Å². The zero-order chi connectivity index (χ0) is 21.5. The van der Waals surface area contributed by atoms with E-state index in [1.165, 1.54) is 37.6 Å². The Labute approximate surface area is 184 Å². The number of anilines is 2. The lowest BCUT2D eigenvalue weighted by Gasteiger charge is -2.41. The van der Waals surface area contributed by atoms with Gasteiger partial charge in [-0.25, -0.2) is 9.80 Å². The molecule has 0 radical (unpaired) electrons. The van der Waals surface area contributed by atoms with Gasteiger partial charge >= 0.3 is 5.97 Å². The summed E-state index contributed by atoms with van der Waals surface area (Å²) in [5.41, 5.74) is 3.60. The summed E-state index contributed by atoms with van der Waals surface area (Å²) >= 11 is 2.69. The van der Waals surface area contributed by atoms with Gasteiger partial charge in [0.15, 0.2) is 10.8 Å². The largest absolute Gasteiger partial charge is 0.465 e. The molecule has 30 heavy (non-hydrogen) atoms. The van der Waals surface area contributed by atoms with E-state index in [0.29, 0.717) is 9.95 Å². The Balaban J connectivity index is 1.91. The van der Waals surface area contributed by atoms with Crippen LogP contribution in [0.15, 0.2) is 70.3 Å². The van der Waals surface area contributed by atoms with Crippen molar-refractivity contribution in [1.29, 1.82) is 0 Å². The van der Waals surface area contributed by atoms with Gasteiger partial charge in [-0.05, 0) is 49.9 Å². The van der Waals surface area contributed by atoms with Gasteiger partial charge in [-0.2, -0.15) is 5.10 Å². The number of rotatable bonds is 4. The van der Waals surface area contributed by atoms with E-state index in [2.05, 4.69) is 5.10 Å². The van der Waals surface area contributed by atoms with Crippen molar-refractivity contribution in [2.45, 2.75) is 25.1 Å². The maximum Gasteiger partial charge on any atom is 0.346 e. The molecular weight excluding hydrogens is 418 g/mol. The molecule has 2 heterocycles. The summed E-state index contributed by atoms with van der Waals surface area (Å²) < 4.78 is 4.15. The molecule has 6 nitrogen and oxygen atoms in total. The van der Waals surface area contributed by atoms with Gasteiger partial charge in [-0.15, -0.1) is 0 Å². The number of allylic oxidation sites excluding steroid dienone is 1. The molecule has 0 bridgehead atoms. The highest BCUT2D eigenvalue weighted by Crippen LogP contribution is 2.60. The SMILES string of the molecule is COC(=O)C1=C(C)N(c2ccccc2)[C@@]2(SC(C(C)=O)=NN2c2ccc(C)cc2)S1. The molecule has 0 fully saturated rings. The second-order valence-electron chi connectivity index (χ2n) is 6.94. The third-order valence-electron chi connectivity index (χ3n) is 4.83. The number of aryl methyl sites for hydroxylation is 1. The van der Waals surface area contributed by atoms with Gasteiger partial charge in [0.2, 0.25) is 4.33 Å². The summed E-state index contributed by atoms with van der Waals surface area (Å²) in [6, 6.07) is 17.7. The Hall–Kier alpha value is -2.71. The molecule has 0 aliphatic carbocycles. The number of hydrogen-bond acceptors (Lipinski definition) is 8. The molecule has 0 N–H and O–H groups in total. The minimum absolute atomic E-state index is 0.119. The molecule has 0 amide bonds. The van der Waals surface area contributed by atoms with Crippen LogP contribution in [-0.2, 0) is 14.3 Å². The molecule has 2 aliphatic heterocycles. The monoisotopic (exact) mass is 439 g/mol. The topological polar surface area (TPSA) is 62.2 Å². The summed E-state index contributed by atoms with van der Waals surface area (Å²) in [5.74, 6) is -0.525. The molecule has 1 spiro atoms. The summed E-state index contributed by atoms with van der Waals surface area (Å²) in [6.07, 6.45) is 0. The van der Waals surface area contributed by atoms with Crippen LogP contribution in [0.3, 0.4) is 0 Å². The highest BCUT2D eigenvalue weighted by atomic mass is 32.2. The number of carbonyl (C=O) groups excluding carboxylic acids is 2. The summed E-state index contributed by atoms with van der Waals surface area (Å²) in [5, 5.41) is 6.89. The van der Waals surface area contributed by atoms with Gasteiger partial charge < -0.3 is 9.64 Å². The second-order valence-corrected chi connectivity index (χ2v) is 9.54. The lowest BCUT2D eigenvalue weighted by atomic mass is 10.2. The number of hydrazone groups is 1. The van der Waals surface area contributed by atoms with Gasteiger partial charge in [0.1, 0.15) is 4.91 Å². The number of esters is 1. The second kappa shape index (κ2) is 7.85. The number of Topliss-reactive ketones (excluding diaryl/α,β-unsaturated/α-hetero) is 1. The lowest BCUT2D eigenvalue weighted by molar-refractivity contribution is -0.135. The number of para-hydroxylation sites is 1. The van der Waals surface area contributed by atoms with E-state index in [9.17, 15) is 9.59 Å². The summed E-state index contributed by atoms with van der Waals surface area (Å²) in [7, 11) is 1.37. The fraction of sp³-hybridized carbons (Fsp3) is 0.227. The third-order valence-corrected chi connectivity index (χ3v) is 7.81. The van der Waals surface area contributed by atoms with E-state index in [1.54, 1.807) is 0 Å². The first kappa shape index (κ1) is 20.6. The molecule has 4 rings (SSSR count). The number of ketones is 1. The Morgan fingerprint density at radius 1 is 0.967 bits per heavy atom. The number of nitrogens with zero attached hydrogens (tertiary/aromatic N) is 3. The van der Waals surface area contributed by atoms with E-state index in [-0.39, 0.29) is 5.78 Å². The van der Waals surface area contributed by atoms with E-state index in [4.69, 9.17) is 4.74 Å². The molecule has 0 aromatic heterocycles. The Morgan fingerprint density at radius 2 is 1.63 bits per heavy atom. The van der Waals surface area contributed by atoms with Gasteiger partial charge in [0.05, 0.1) is 12.8 Å². The number of hydrogen-bond donors (Lipinski definition) is 0. The predicted molar refractivity (Wildman–Crippen MR) is 123 cm³/mol. The van der Waals surface area contributed by atoms with E-state index in [1.807, 2.05) is 78.4 Å². The summed E-state index contributed by atoms with van der Waals surface area (Å²) in [4.78, 5) is 27.4. The van der Waals surface area contributed by atoms with E-state index in [0.717, 1.165) is 22.6 Å². The number of methoxy groups -OCH3 is 1. The van der Waals surface area contributed by atoms with Crippen LogP contribution in [0.1, 0.15) is 19.4 Å². The van der Waals surface area contributed by atoms with Crippen LogP contribution in [-0.4, -0.2) is 28.2 Å². The summed E-state index contributed by atoms with van der Waals surface area (Å²) in [6.45, 7) is 5.41. The average molecular weight is 440 g/mol. The van der Waals surface area contributed by atoms with Crippen LogP contribution >= 0.6 is 23.5 Å². The fourth-order valence-corrected chi connectivity index (χ4v) is 6.35. The first-order chi connectivity index (χ1) is 14.4. The molecule has 2 aromatic rings. The lowest BCUT2D eigenvalue weighted by Crippen LogP contribution is -2.49. The normalized spacial score (nSPS) is 20.7. The zero-order valence-corrected chi connectivity index (χ0v) is 18.7. The molecule has 0 saturated heterocycles. The van der Waals surface area contributed by atoms with Crippen molar-refractivity contribution < 1.29 is 14.3 Å². The molecule has 2 aromatic carbocycles. The highest BCUT2D eigenvalue weighted by Gasteiger charge is 2.57. The van der Waals surface area contributed by atoms with Gasteiger partial charge in [-0.3, -0.25) is 4.79 Å². The van der Waals surface area contributed by atoms with Gasteiger partial charge in [-0.1, -0.05) is 47.7 Å². The number of carbonyl (C=O) groups is 2. The maximum absolute atomic E-state index is 12.6. The maximum atomic E-state index is 12.6. The first-order valence-electron chi connectivity index (χ1n) is 9.36. The Kier molecular flexibility index (Phi) is 5.38. The number of thioether (sulfide) groups is 2. The smallest absolute Gasteiger partial charge is 0.346 e. The standard InChI is InChI=1S/C22H21N3O3S2/c1-14-10-12-18(13-11-14)25-22(30-20(23-25)16(3)26)24(17-8-6-5-7-9-17)15(2)19(29-22)21(27)28-4/h5-13H,1-4H3/t22-/m0/s1. The average Bonchev–Trinajstić information content (AvgIpc) is 3.27. The van der Waals surface area contributed by atoms with Crippen molar-refractivity contribution >= 4 is 51.7 Å². The van der Waals surface area contributed by atoms with Crippen molar-refractivity contribution in [1.82, 2.24) is 0 Å². The van der Waals surface area contributed by atoms with Crippen molar-refractivity contribution in [2.75, 3.05) is 17.0 Å². The Morgan fingerprint density at radius 3 is 2.23 bits per heavy atom. The third kappa shape index (κ3) is 3.30. The molecule has 154 valence electrons. The minimum Gasteiger partial charge on any atom is -0.465 e. The van der Waals surface area contributed by atoms with E-state index >= 15 is 0 Å². The molecule has 8 heteroatoms. The quantitative estimate of drug-likeness (QED) is 0.639. The van der Waals surface area contributed by atoms with Crippen LogP contribution in [0.2, 0.25) is 0 Å². The highest BCUT2D eigenvalue weighted by molar-refractivity contribution is 8.29. The molecule has 0 saturated carbocycles. The molecule has 2 aliphatic rings. The van der Waals surface area contributed by atoms with Crippen LogP contribution in [0, 0.1) is 6.92 Å². The minimum atomic E-state index is -0.898. The molecule has 1 atom stereocenters. The van der Waals surface area contributed by atoms with Crippen molar-refractivity contribution in [2.24, 2.45) is 5.10 Å². The zero-order valence-electron chi connectivity index (χ0n) is 17.1. The first-order valence-corrected chi connectivity index (χ1v) is 11.0. The molecular formula is C22H21N3O3S2. The van der Waals surface area contributed by atoms with Crippen LogP contribution in [0.4, 0.5) is 11.4 Å². The molecule has 0 unspecified atom stereocenters. The fourth-order valence-electron chi connectivity index (χ4n) is 3.38. The predicted octanol–water partition coefficient (Wildman–Crippen LogP) is 4.72. The van der Waals surface area contributed by atoms with Crippen LogP contribution in [0.25, 0.3) is 0 Å². The van der Waals surface area contributed by atoms with Gasteiger partial charge in [0.25, 0.3) is 0 Å². The van der Waals surface area contributed by atoms with Crippen LogP contribution in [0.5, 0.6) is 0 Å². The van der Waals surface area contributed by atoms with Crippen molar-refractivity contribution in [3.8, 4) is 0 Å².